The van der Waals surface area contributed by atoms with Crippen LogP contribution in [-0.4, -0.2) is 23.8 Å². The van der Waals surface area contributed by atoms with E-state index in [1.807, 2.05) is 0 Å². The average molecular weight is 269 g/mol. The molecule has 0 spiro atoms. The van der Waals surface area contributed by atoms with Crippen molar-refractivity contribution in [1.82, 2.24) is 5.32 Å². The zero-order chi connectivity index (χ0) is 13.8. The van der Waals surface area contributed by atoms with E-state index in [0.29, 0.717) is 18.7 Å². The number of hydrogen-bond donors (Lipinski definition) is 2. The molecule has 0 aromatic heterocycles. The van der Waals surface area contributed by atoms with Crippen molar-refractivity contribution < 1.29 is 5.11 Å². The summed E-state index contributed by atoms with van der Waals surface area (Å²) in [7, 11) is 0. The van der Waals surface area contributed by atoms with Crippen LogP contribution in [0.15, 0.2) is 0 Å². The Morgan fingerprint density at radius 2 is 1.37 bits per heavy atom. The summed E-state index contributed by atoms with van der Waals surface area (Å²) in [5.41, 5.74) is 0. The third-order valence-corrected chi connectivity index (χ3v) is 4.55. The molecule has 0 aromatic carbocycles. The Kier molecular flexibility index (Phi) is 10.5. The van der Waals surface area contributed by atoms with E-state index in [4.69, 9.17) is 5.11 Å². The zero-order valence-corrected chi connectivity index (χ0v) is 13.0. The van der Waals surface area contributed by atoms with Crippen LogP contribution in [-0.2, 0) is 0 Å². The largest absolute Gasteiger partial charge is 0.396 e. The fourth-order valence-electron chi connectivity index (χ4n) is 3.22. The van der Waals surface area contributed by atoms with Crippen molar-refractivity contribution in [1.29, 1.82) is 0 Å². The van der Waals surface area contributed by atoms with Gasteiger partial charge in [-0.15, -0.1) is 0 Å². The van der Waals surface area contributed by atoms with Crippen molar-refractivity contribution in [2.45, 2.75) is 102 Å². The second kappa shape index (κ2) is 11.7. The topological polar surface area (TPSA) is 32.3 Å². The summed E-state index contributed by atoms with van der Waals surface area (Å²) in [6.45, 7) is 2.54. The molecule has 1 aliphatic rings. The van der Waals surface area contributed by atoms with Gasteiger partial charge in [0.2, 0.25) is 0 Å². The van der Waals surface area contributed by atoms with E-state index in [9.17, 15) is 0 Å². The summed E-state index contributed by atoms with van der Waals surface area (Å²) in [6, 6.07) is 1.21. The minimum Gasteiger partial charge on any atom is -0.396 e. The standard InChI is InChI=1S/C17H35NO/c1-2-16(14-15-19)18-17-12-10-8-6-4-3-5-7-9-11-13-17/h16-19H,2-15H2,1H3. The predicted octanol–water partition coefficient (Wildman–Crippen LogP) is 4.41. The van der Waals surface area contributed by atoms with Crippen LogP contribution in [0.4, 0.5) is 0 Å². The van der Waals surface area contributed by atoms with Gasteiger partial charge >= 0.3 is 0 Å². The van der Waals surface area contributed by atoms with Crippen LogP contribution >= 0.6 is 0 Å². The number of rotatable bonds is 5. The Labute approximate surface area is 120 Å². The molecule has 1 aliphatic carbocycles. The van der Waals surface area contributed by atoms with Crippen molar-refractivity contribution in [2.75, 3.05) is 6.61 Å². The van der Waals surface area contributed by atoms with Gasteiger partial charge in [0.05, 0.1) is 0 Å². The maximum atomic E-state index is 9.11. The highest BCUT2D eigenvalue weighted by atomic mass is 16.3. The van der Waals surface area contributed by atoms with Crippen LogP contribution < -0.4 is 5.32 Å². The Bertz CT molecular complexity index is 184. The quantitative estimate of drug-likeness (QED) is 0.775. The molecule has 1 fully saturated rings. The Balaban J connectivity index is 2.32. The van der Waals surface area contributed by atoms with E-state index in [0.717, 1.165) is 12.8 Å². The highest BCUT2D eigenvalue weighted by molar-refractivity contribution is 4.74. The van der Waals surface area contributed by atoms with Crippen LogP contribution in [0.25, 0.3) is 0 Å². The maximum Gasteiger partial charge on any atom is 0.0445 e. The summed E-state index contributed by atoms with van der Waals surface area (Å²) in [6.07, 6.45) is 17.5. The molecule has 1 unspecified atom stereocenters. The van der Waals surface area contributed by atoms with E-state index in [-0.39, 0.29) is 0 Å². The highest BCUT2D eigenvalue weighted by Crippen LogP contribution is 2.17. The number of aliphatic hydroxyl groups is 1. The number of hydrogen-bond acceptors (Lipinski definition) is 2. The van der Waals surface area contributed by atoms with Crippen LogP contribution in [0.3, 0.4) is 0 Å². The van der Waals surface area contributed by atoms with Crippen molar-refractivity contribution in [2.24, 2.45) is 0 Å². The molecule has 2 nitrogen and oxygen atoms in total. The van der Waals surface area contributed by atoms with Crippen LogP contribution in [0.5, 0.6) is 0 Å². The van der Waals surface area contributed by atoms with Gasteiger partial charge in [-0.2, -0.15) is 0 Å². The number of nitrogens with one attached hydrogen (secondary N) is 1. The van der Waals surface area contributed by atoms with E-state index < -0.39 is 0 Å². The van der Waals surface area contributed by atoms with E-state index in [2.05, 4.69) is 12.2 Å². The summed E-state index contributed by atoms with van der Waals surface area (Å²) in [4.78, 5) is 0. The summed E-state index contributed by atoms with van der Waals surface area (Å²) >= 11 is 0. The molecule has 2 heteroatoms. The monoisotopic (exact) mass is 269 g/mol. The molecule has 1 atom stereocenters. The first-order valence-corrected chi connectivity index (χ1v) is 8.73. The molecule has 0 bridgehead atoms. The lowest BCUT2D eigenvalue weighted by Crippen LogP contribution is -2.38. The molecular formula is C17H35NO. The Hall–Kier alpha value is -0.0800. The van der Waals surface area contributed by atoms with Gasteiger partial charge in [-0.3, -0.25) is 0 Å². The zero-order valence-electron chi connectivity index (χ0n) is 13.0. The lowest BCUT2D eigenvalue weighted by Gasteiger charge is -2.25. The molecule has 2 N–H and O–H groups in total. The lowest BCUT2D eigenvalue weighted by atomic mass is 9.97. The molecule has 0 radical (unpaired) electrons. The van der Waals surface area contributed by atoms with Gasteiger partial charge in [0.1, 0.15) is 0 Å². The van der Waals surface area contributed by atoms with Crippen molar-refractivity contribution >= 4 is 0 Å². The third kappa shape index (κ3) is 8.65. The number of aliphatic hydroxyl groups excluding tert-OH is 1. The molecule has 0 aliphatic heterocycles. The molecule has 19 heavy (non-hydrogen) atoms. The van der Waals surface area contributed by atoms with Crippen LogP contribution in [0.1, 0.15) is 90.4 Å². The van der Waals surface area contributed by atoms with E-state index in [1.54, 1.807) is 0 Å². The normalized spacial score (nSPS) is 22.4. The van der Waals surface area contributed by atoms with Gasteiger partial charge in [0, 0.05) is 18.7 Å². The Morgan fingerprint density at radius 1 is 0.895 bits per heavy atom. The predicted molar refractivity (Wildman–Crippen MR) is 83.5 cm³/mol. The summed E-state index contributed by atoms with van der Waals surface area (Å²) in [5.74, 6) is 0. The molecule has 0 saturated heterocycles. The molecule has 0 aromatic rings. The van der Waals surface area contributed by atoms with Gasteiger partial charge in [0.15, 0.2) is 0 Å². The second-order valence-corrected chi connectivity index (χ2v) is 6.24. The lowest BCUT2D eigenvalue weighted by molar-refractivity contribution is 0.249. The average Bonchev–Trinajstić information content (AvgIpc) is 2.41. The minimum absolute atomic E-state index is 0.318. The van der Waals surface area contributed by atoms with Gasteiger partial charge in [0.25, 0.3) is 0 Å². The first kappa shape index (κ1) is 17.0. The Morgan fingerprint density at radius 3 is 1.79 bits per heavy atom. The van der Waals surface area contributed by atoms with Crippen molar-refractivity contribution in [3.63, 3.8) is 0 Å². The van der Waals surface area contributed by atoms with E-state index >= 15 is 0 Å². The molecule has 1 rings (SSSR count). The van der Waals surface area contributed by atoms with Crippen LogP contribution in [0.2, 0.25) is 0 Å². The molecular weight excluding hydrogens is 234 g/mol. The second-order valence-electron chi connectivity index (χ2n) is 6.24. The van der Waals surface area contributed by atoms with E-state index in [1.165, 1.54) is 70.6 Å². The van der Waals surface area contributed by atoms with Crippen LogP contribution in [0, 0.1) is 0 Å². The molecule has 0 heterocycles. The summed E-state index contributed by atoms with van der Waals surface area (Å²) < 4.78 is 0. The van der Waals surface area contributed by atoms with Gasteiger partial charge in [-0.1, -0.05) is 64.7 Å². The minimum atomic E-state index is 0.318. The molecule has 114 valence electrons. The first-order valence-electron chi connectivity index (χ1n) is 8.73. The highest BCUT2D eigenvalue weighted by Gasteiger charge is 2.13. The maximum absolute atomic E-state index is 9.11. The SMILES string of the molecule is CCC(CCO)NC1CCCCCCCCCCC1. The van der Waals surface area contributed by atoms with Crippen molar-refractivity contribution in [3.05, 3.63) is 0 Å². The fraction of sp³-hybridized carbons (Fsp3) is 1.00. The molecule has 1 saturated carbocycles. The smallest absolute Gasteiger partial charge is 0.0445 e. The van der Waals surface area contributed by atoms with Gasteiger partial charge in [-0.05, 0) is 25.7 Å². The van der Waals surface area contributed by atoms with Gasteiger partial charge in [-0.25, -0.2) is 0 Å². The van der Waals surface area contributed by atoms with Crippen molar-refractivity contribution in [3.8, 4) is 0 Å². The first-order chi connectivity index (χ1) is 9.36. The van der Waals surface area contributed by atoms with Gasteiger partial charge < -0.3 is 10.4 Å². The fourth-order valence-corrected chi connectivity index (χ4v) is 3.22. The third-order valence-electron chi connectivity index (χ3n) is 4.55. The molecule has 0 amide bonds. The summed E-state index contributed by atoms with van der Waals surface area (Å²) in [5, 5.41) is 12.9.